The van der Waals surface area contributed by atoms with Gasteiger partial charge in [-0.2, -0.15) is 4.98 Å². The molecule has 4 saturated carbocycles. The second kappa shape index (κ2) is 6.48. The van der Waals surface area contributed by atoms with Crippen molar-refractivity contribution in [3.63, 3.8) is 0 Å². The third-order valence-electron chi connectivity index (χ3n) is 7.57. The summed E-state index contributed by atoms with van der Waals surface area (Å²) in [6, 6.07) is 13.8. The van der Waals surface area contributed by atoms with Gasteiger partial charge in [0.1, 0.15) is 5.52 Å². The predicted octanol–water partition coefficient (Wildman–Crippen LogP) is 6.61. The van der Waals surface area contributed by atoms with Crippen molar-refractivity contribution in [1.82, 2.24) is 4.98 Å². The van der Waals surface area contributed by atoms with Crippen molar-refractivity contribution in [2.24, 2.45) is 17.3 Å². The highest BCUT2D eigenvalue weighted by molar-refractivity contribution is 6.31. The molecule has 0 radical (unpaired) electrons. The molecule has 3 aromatic rings. The molecule has 2 aromatic carbocycles. The molecule has 1 amide bonds. The number of amides is 1. The summed E-state index contributed by atoms with van der Waals surface area (Å²) in [4.78, 5) is 18.0. The molecule has 4 aliphatic carbocycles. The average Bonchev–Trinajstić information content (AvgIpc) is 3.08. The first-order valence-corrected chi connectivity index (χ1v) is 11.3. The fourth-order valence-corrected chi connectivity index (χ4v) is 7.15. The molecule has 154 valence electrons. The number of nitrogens with zero attached hydrogens (tertiary/aromatic N) is 1. The molecule has 6 heteroatoms. The Morgan fingerprint density at radius 1 is 1.00 bits per heavy atom. The van der Waals surface area contributed by atoms with Gasteiger partial charge in [-0.25, -0.2) is 0 Å². The van der Waals surface area contributed by atoms with Crippen LogP contribution < -0.4 is 5.32 Å². The number of halogens is 2. The van der Waals surface area contributed by atoms with E-state index >= 15 is 0 Å². The van der Waals surface area contributed by atoms with E-state index < -0.39 is 0 Å². The fraction of sp³-hybridized carbons (Fsp3) is 0.417. The lowest BCUT2D eigenvalue weighted by Gasteiger charge is -2.61. The molecule has 4 aliphatic rings. The van der Waals surface area contributed by atoms with Crippen LogP contribution in [0.5, 0.6) is 0 Å². The number of hydrogen-bond donors (Lipinski definition) is 1. The van der Waals surface area contributed by atoms with Crippen molar-refractivity contribution < 1.29 is 9.21 Å². The molecular formula is C24H22Cl2N2O2. The van der Waals surface area contributed by atoms with Crippen LogP contribution in [-0.4, -0.2) is 10.9 Å². The lowest BCUT2D eigenvalue weighted by atomic mass is 9.42. The zero-order valence-corrected chi connectivity index (χ0v) is 18.0. The normalized spacial score (nSPS) is 31.9. The van der Waals surface area contributed by atoms with E-state index in [2.05, 4.69) is 22.4 Å². The van der Waals surface area contributed by atoms with E-state index in [4.69, 9.17) is 27.6 Å². The van der Waals surface area contributed by atoms with Crippen molar-refractivity contribution in [3.8, 4) is 0 Å². The van der Waals surface area contributed by atoms with E-state index in [0.717, 1.165) is 24.3 Å². The van der Waals surface area contributed by atoms with Gasteiger partial charge in [-0.3, -0.25) is 10.1 Å². The maximum Gasteiger partial charge on any atom is 0.302 e. The molecule has 0 aliphatic heterocycles. The molecule has 0 spiro atoms. The monoisotopic (exact) mass is 440 g/mol. The third-order valence-corrected chi connectivity index (χ3v) is 8.06. The number of oxazole rings is 1. The molecule has 0 saturated heterocycles. The van der Waals surface area contributed by atoms with Crippen LogP contribution in [0.4, 0.5) is 6.01 Å². The Kier molecular flexibility index (Phi) is 4.04. The first kappa shape index (κ1) is 18.7. The van der Waals surface area contributed by atoms with E-state index in [0.29, 0.717) is 28.0 Å². The van der Waals surface area contributed by atoms with Crippen LogP contribution >= 0.6 is 23.2 Å². The molecule has 4 bridgehead atoms. The van der Waals surface area contributed by atoms with Crippen LogP contribution in [0.1, 0.15) is 44.1 Å². The topological polar surface area (TPSA) is 55.1 Å². The van der Waals surface area contributed by atoms with Crippen LogP contribution in [0, 0.1) is 17.3 Å². The molecule has 1 aromatic heterocycles. The summed E-state index contributed by atoms with van der Waals surface area (Å²) in [5, 5.41) is 4.36. The van der Waals surface area contributed by atoms with Gasteiger partial charge in [0.15, 0.2) is 5.58 Å². The summed E-state index contributed by atoms with van der Waals surface area (Å²) < 4.78 is 5.76. The quantitative estimate of drug-likeness (QED) is 0.498. The van der Waals surface area contributed by atoms with Crippen molar-refractivity contribution in [3.05, 3.63) is 58.1 Å². The van der Waals surface area contributed by atoms with E-state index in [-0.39, 0.29) is 22.8 Å². The molecular weight excluding hydrogens is 419 g/mol. The summed E-state index contributed by atoms with van der Waals surface area (Å²) in [7, 11) is 0. The van der Waals surface area contributed by atoms with Crippen molar-refractivity contribution in [2.75, 3.05) is 5.32 Å². The molecule has 2 unspecified atom stereocenters. The van der Waals surface area contributed by atoms with Gasteiger partial charge in [-0.15, -0.1) is 0 Å². The molecule has 2 atom stereocenters. The Labute approximate surface area is 184 Å². The van der Waals surface area contributed by atoms with Gasteiger partial charge in [0.05, 0.1) is 5.41 Å². The number of nitrogens with one attached hydrogen (secondary N) is 1. The molecule has 30 heavy (non-hydrogen) atoms. The lowest BCUT2D eigenvalue weighted by molar-refractivity contribution is -0.143. The zero-order valence-electron chi connectivity index (χ0n) is 16.5. The van der Waals surface area contributed by atoms with Crippen molar-refractivity contribution >= 4 is 46.2 Å². The number of benzene rings is 2. The second-order valence-electron chi connectivity index (χ2n) is 9.61. The highest BCUT2D eigenvalue weighted by Gasteiger charge is 2.61. The van der Waals surface area contributed by atoms with Crippen LogP contribution in [0.25, 0.3) is 11.1 Å². The minimum absolute atomic E-state index is 0.0487. The number of hydrogen-bond acceptors (Lipinski definition) is 3. The average molecular weight is 441 g/mol. The largest absolute Gasteiger partial charge is 0.423 e. The summed E-state index contributed by atoms with van der Waals surface area (Å²) in [5.41, 5.74) is 2.32. The van der Waals surface area contributed by atoms with Gasteiger partial charge in [-0.1, -0.05) is 35.3 Å². The maximum atomic E-state index is 13.6. The third kappa shape index (κ3) is 2.88. The molecule has 1 N–H and O–H groups in total. The fourth-order valence-electron chi connectivity index (χ4n) is 6.85. The van der Waals surface area contributed by atoms with Gasteiger partial charge in [0, 0.05) is 10.0 Å². The highest BCUT2D eigenvalue weighted by atomic mass is 35.5. The molecule has 4 fully saturated rings. The number of carbonyl (C=O) groups is 1. The van der Waals surface area contributed by atoms with Crippen LogP contribution in [-0.2, 0) is 10.2 Å². The van der Waals surface area contributed by atoms with Crippen LogP contribution in [0.2, 0.25) is 10.0 Å². The predicted molar refractivity (Wildman–Crippen MR) is 118 cm³/mol. The Hall–Kier alpha value is -2.04. The summed E-state index contributed by atoms with van der Waals surface area (Å²) in [5.74, 6) is 1.23. The first-order chi connectivity index (χ1) is 14.4. The number of anilines is 1. The van der Waals surface area contributed by atoms with Gasteiger partial charge in [0.25, 0.3) is 0 Å². The Morgan fingerprint density at radius 2 is 1.70 bits per heavy atom. The molecule has 7 rings (SSSR count). The SMILES string of the molecule is O=C(Nc1nc2cc(Cl)ccc2o1)C12CC3CC(C1)CC(c1ccc(Cl)cc1)(C3)C2. The van der Waals surface area contributed by atoms with E-state index in [1.807, 2.05) is 12.1 Å². The minimum atomic E-state index is -0.359. The van der Waals surface area contributed by atoms with E-state index in [1.54, 1.807) is 18.2 Å². The van der Waals surface area contributed by atoms with Gasteiger partial charge in [0.2, 0.25) is 5.91 Å². The van der Waals surface area contributed by atoms with Crippen LogP contribution in [0.15, 0.2) is 46.9 Å². The first-order valence-electron chi connectivity index (χ1n) is 10.6. The van der Waals surface area contributed by atoms with Crippen molar-refractivity contribution in [1.29, 1.82) is 0 Å². The van der Waals surface area contributed by atoms with Gasteiger partial charge < -0.3 is 4.42 Å². The molecule has 1 heterocycles. The Bertz CT molecular complexity index is 1140. The Morgan fingerprint density at radius 3 is 2.43 bits per heavy atom. The van der Waals surface area contributed by atoms with Gasteiger partial charge >= 0.3 is 6.01 Å². The highest BCUT2D eigenvalue weighted by Crippen LogP contribution is 2.66. The Balaban J connectivity index is 1.32. The van der Waals surface area contributed by atoms with E-state index in [9.17, 15) is 4.79 Å². The number of fused-ring (bicyclic) bond motifs is 1. The smallest absolute Gasteiger partial charge is 0.302 e. The summed E-state index contributed by atoms with van der Waals surface area (Å²) in [6.07, 6.45) is 6.37. The minimum Gasteiger partial charge on any atom is -0.423 e. The van der Waals surface area contributed by atoms with Crippen molar-refractivity contribution in [2.45, 2.75) is 43.9 Å². The number of carbonyl (C=O) groups excluding carboxylic acids is 1. The number of aromatic nitrogens is 1. The van der Waals surface area contributed by atoms with E-state index in [1.165, 1.54) is 24.8 Å². The summed E-state index contributed by atoms with van der Waals surface area (Å²) in [6.45, 7) is 0. The number of rotatable bonds is 3. The standard InChI is InChI=1S/C24H22Cl2N2O2/c25-17-3-1-16(2-4-17)23-9-14-7-15(10-23)12-24(11-14,13-23)21(29)28-22-27-19-8-18(26)5-6-20(19)30-22/h1-6,8,14-15H,7,9-13H2,(H,27,28,29). The van der Waals surface area contributed by atoms with Gasteiger partial charge in [-0.05, 0) is 91.7 Å². The van der Waals surface area contributed by atoms with Crippen LogP contribution in [0.3, 0.4) is 0 Å². The lowest BCUT2D eigenvalue weighted by Crippen LogP contribution is -2.58. The zero-order chi connectivity index (χ0) is 20.5. The second-order valence-corrected chi connectivity index (χ2v) is 10.5. The maximum absolute atomic E-state index is 13.6. The summed E-state index contributed by atoms with van der Waals surface area (Å²) >= 11 is 12.2. The molecule has 4 nitrogen and oxygen atoms in total.